The molecule has 1 aliphatic rings. The molecule has 3 nitrogen and oxygen atoms in total. The van der Waals surface area contributed by atoms with Crippen LogP contribution in [0.3, 0.4) is 0 Å². The number of hydrogen-bond donors (Lipinski definition) is 1. The zero-order valence-corrected chi connectivity index (χ0v) is 13.2. The molecule has 3 heteroatoms. The van der Waals surface area contributed by atoms with E-state index in [0.717, 1.165) is 17.2 Å². The molecule has 1 heterocycles. The van der Waals surface area contributed by atoms with Gasteiger partial charge in [0.1, 0.15) is 5.82 Å². The molecule has 0 bridgehead atoms. The lowest BCUT2D eigenvalue weighted by Crippen LogP contribution is -2.40. The lowest BCUT2D eigenvalue weighted by molar-refractivity contribution is 0.105. The van der Waals surface area contributed by atoms with E-state index in [2.05, 4.69) is 43.0 Å². The van der Waals surface area contributed by atoms with E-state index in [4.69, 9.17) is 0 Å². The summed E-state index contributed by atoms with van der Waals surface area (Å²) in [6.45, 7) is 13.5. The highest BCUT2D eigenvalue weighted by Crippen LogP contribution is 2.46. The molecule has 1 N–H and O–H groups in total. The first-order chi connectivity index (χ1) is 8.67. The Morgan fingerprint density at radius 1 is 1.05 bits per heavy atom. The monoisotopic (exact) mass is 261 g/mol. The van der Waals surface area contributed by atoms with Crippen molar-refractivity contribution in [2.24, 2.45) is 10.8 Å². The van der Waals surface area contributed by atoms with E-state index < -0.39 is 0 Å². The van der Waals surface area contributed by atoms with Crippen LogP contribution < -0.4 is 5.32 Å². The molecule has 0 amide bonds. The average molecular weight is 261 g/mol. The smallest absolute Gasteiger partial charge is 0.145 e. The minimum absolute atomic E-state index is 0.395. The van der Waals surface area contributed by atoms with E-state index in [-0.39, 0.29) is 0 Å². The normalized spacial score (nSPS) is 22.2. The third-order valence-corrected chi connectivity index (χ3v) is 4.10. The van der Waals surface area contributed by atoms with Gasteiger partial charge in [-0.2, -0.15) is 0 Å². The van der Waals surface area contributed by atoms with Crippen LogP contribution in [0, 0.1) is 24.7 Å². The standard InChI is InChI=1S/C16H27N3/c1-11-12(2)18-14(9-17-11)19-13-7-15(3,4)10-16(5,6)8-13/h9,13H,7-8,10H2,1-6H3,(H,18,19). The summed E-state index contributed by atoms with van der Waals surface area (Å²) < 4.78 is 0. The van der Waals surface area contributed by atoms with E-state index in [1.807, 2.05) is 20.0 Å². The number of anilines is 1. The molecule has 1 aromatic heterocycles. The summed E-state index contributed by atoms with van der Waals surface area (Å²) in [5.41, 5.74) is 2.81. The van der Waals surface area contributed by atoms with Crippen LogP contribution in [0.1, 0.15) is 58.3 Å². The highest BCUT2D eigenvalue weighted by molar-refractivity contribution is 5.35. The second-order valence-corrected chi connectivity index (χ2v) is 7.68. The summed E-state index contributed by atoms with van der Waals surface area (Å²) in [5.74, 6) is 0.918. The van der Waals surface area contributed by atoms with Crippen LogP contribution in [0.5, 0.6) is 0 Å². The Morgan fingerprint density at radius 3 is 2.16 bits per heavy atom. The Bertz CT molecular complexity index is 447. The van der Waals surface area contributed by atoms with Crippen molar-refractivity contribution in [2.45, 2.75) is 66.8 Å². The van der Waals surface area contributed by atoms with Gasteiger partial charge in [-0.3, -0.25) is 4.98 Å². The van der Waals surface area contributed by atoms with E-state index >= 15 is 0 Å². The summed E-state index contributed by atoms with van der Waals surface area (Å²) in [4.78, 5) is 8.98. The first kappa shape index (κ1) is 14.3. The highest BCUT2D eigenvalue weighted by atomic mass is 15.0. The maximum Gasteiger partial charge on any atom is 0.145 e. The summed E-state index contributed by atoms with van der Waals surface area (Å²) >= 11 is 0. The number of nitrogens with zero attached hydrogens (tertiary/aromatic N) is 2. The van der Waals surface area contributed by atoms with Gasteiger partial charge in [0.05, 0.1) is 17.6 Å². The van der Waals surface area contributed by atoms with Crippen molar-refractivity contribution in [1.82, 2.24) is 9.97 Å². The van der Waals surface area contributed by atoms with Gasteiger partial charge in [0.15, 0.2) is 0 Å². The zero-order valence-electron chi connectivity index (χ0n) is 13.2. The van der Waals surface area contributed by atoms with Crippen molar-refractivity contribution in [3.63, 3.8) is 0 Å². The van der Waals surface area contributed by atoms with Gasteiger partial charge in [-0.25, -0.2) is 4.98 Å². The molecule has 0 aromatic carbocycles. The average Bonchev–Trinajstić information content (AvgIpc) is 2.18. The molecule has 0 unspecified atom stereocenters. The summed E-state index contributed by atoms with van der Waals surface area (Å²) in [6.07, 6.45) is 5.55. The summed E-state index contributed by atoms with van der Waals surface area (Å²) in [6, 6.07) is 0.496. The largest absolute Gasteiger partial charge is 0.366 e. The molecule has 19 heavy (non-hydrogen) atoms. The van der Waals surface area contributed by atoms with E-state index in [0.29, 0.717) is 16.9 Å². The molecule has 0 radical (unpaired) electrons. The number of aryl methyl sites for hydroxylation is 2. The van der Waals surface area contributed by atoms with Gasteiger partial charge in [-0.15, -0.1) is 0 Å². The number of hydrogen-bond acceptors (Lipinski definition) is 3. The molecule has 0 saturated heterocycles. The molecule has 0 spiro atoms. The van der Waals surface area contributed by atoms with Gasteiger partial charge >= 0.3 is 0 Å². The quantitative estimate of drug-likeness (QED) is 0.870. The predicted molar refractivity (Wildman–Crippen MR) is 80.3 cm³/mol. The maximum absolute atomic E-state index is 4.59. The lowest BCUT2D eigenvalue weighted by atomic mass is 9.63. The fourth-order valence-electron chi connectivity index (χ4n) is 3.77. The van der Waals surface area contributed by atoms with Gasteiger partial charge in [0.2, 0.25) is 0 Å². The Balaban J connectivity index is 2.11. The highest BCUT2D eigenvalue weighted by Gasteiger charge is 2.38. The minimum atomic E-state index is 0.395. The number of nitrogens with one attached hydrogen (secondary N) is 1. The van der Waals surface area contributed by atoms with Gasteiger partial charge in [-0.1, -0.05) is 27.7 Å². The van der Waals surface area contributed by atoms with Crippen molar-refractivity contribution in [3.05, 3.63) is 17.6 Å². The third kappa shape index (κ3) is 3.68. The third-order valence-electron chi connectivity index (χ3n) is 4.10. The van der Waals surface area contributed by atoms with Gasteiger partial charge in [-0.05, 0) is 43.9 Å². The first-order valence-electron chi connectivity index (χ1n) is 7.24. The Labute approximate surface area is 117 Å². The fraction of sp³-hybridized carbons (Fsp3) is 0.750. The summed E-state index contributed by atoms with van der Waals surface area (Å²) in [7, 11) is 0. The summed E-state index contributed by atoms with van der Waals surface area (Å²) in [5, 5.41) is 3.59. The molecule has 106 valence electrons. The van der Waals surface area contributed by atoms with Crippen LogP contribution in [0.15, 0.2) is 6.20 Å². The fourth-order valence-corrected chi connectivity index (χ4v) is 3.77. The van der Waals surface area contributed by atoms with Gasteiger partial charge in [0, 0.05) is 6.04 Å². The Kier molecular flexibility index (Phi) is 3.59. The second-order valence-electron chi connectivity index (χ2n) is 7.68. The van der Waals surface area contributed by atoms with Crippen molar-refractivity contribution in [3.8, 4) is 0 Å². The molecule has 1 aliphatic carbocycles. The second kappa shape index (κ2) is 4.77. The van der Waals surface area contributed by atoms with E-state index in [9.17, 15) is 0 Å². The molecule has 2 rings (SSSR count). The first-order valence-corrected chi connectivity index (χ1v) is 7.24. The zero-order chi connectivity index (χ0) is 14.3. The van der Waals surface area contributed by atoms with Crippen molar-refractivity contribution < 1.29 is 0 Å². The van der Waals surface area contributed by atoms with Gasteiger partial charge in [0.25, 0.3) is 0 Å². The van der Waals surface area contributed by atoms with Crippen LogP contribution >= 0.6 is 0 Å². The predicted octanol–water partition coefficient (Wildman–Crippen LogP) is 4.11. The SMILES string of the molecule is Cc1ncc(NC2CC(C)(C)CC(C)(C)C2)nc1C. The van der Waals surface area contributed by atoms with Crippen LogP contribution in [-0.2, 0) is 0 Å². The molecule has 1 saturated carbocycles. The molecular weight excluding hydrogens is 234 g/mol. The van der Waals surface area contributed by atoms with Crippen molar-refractivity contribution in [1.29, 1.82) is 0 Å². The van der Waals surface area contributed by atoms with Crippen LogP contribution in [-0.4, -0.2) is 16.0 Å². The van der Waals surface area contributed by atoms with E-state index in [1.165, 1.54) is 19.3 Å². The van der Waals surface area contributed by atoms with Gasteiger partial charge < -0.3 is 5.32 Å². The lowest BCUT2D eigenvalue weighted by Gasteiger charge is -2.45. The molecule has 0 aliphatic heterocycles. The molecule has 1 aromatic rings. The van der Waals surface area contributed by atoms with E-state index in [1.54, 1.807) is 0 Å². The topological polar surface area (TPSA) is 37.8 Å². The van der Waals surface area contributed by atoms with Crippen LogP contribution in [0.4, 0.5) is 5.82 Å². The molecular formula is C16H27N3. The molecule has 1 fully saturated rings. The van der Waals surface area contributed by atoms with Crippen LogP contribution in [0.25, 0.3) is 0 Å². The minimum Gasteiger partial charge on any atom is -0.366 e. The Hall–Kier alpha value is -1.12. The number of rotatable bonds is 2. The van der Waals surface area contributed by atoms with Crippen LogP contribution in [0.2, 0.25) is 0 Å². The van der Waals surface area contributed by atoms with Crippen molar-refractivity contribution in [2.75, 3.05) is 5.32 Å². The molecule has 0 atom stereocenters. The maximum atomic E-state index is 4.59. The Morgan fingerprint density at radius 2 is 1.63 bits per heavy atom. The number of aromatic nitrogens is 2. The van der Waals surface area contributed by atoms with Crippen molar-refractivity contribution >= 4 is 5.82 Å².